The molecule has 3 aliphatic rings. The Bertz CT molecular complexity index is 1080. The second kappa shape index (κ2) is 8.02. The van der Waals surface area contributed by atoms with E-state index in [4.69, 9.17) is 5.73 Å². The Balaban J connectivity index is 1.50. The summed E-state index contributed by atoms with van der Waals surface area (Å²) in [5.41, 5.74) is 10.5. The number of aliphatic hydroxyl groups is 1. The number of halogens is 2. The molecule has 6 atom stereocenters. The summed E-state index contributed by atoms with van der Waals surface area (Å²) in [6, 6.07) is 3.87. The van der Waals surface area contributed by atoms with Gasteiger partial charge in [-0.1, -0.05) is 26.0 Å². The first-order chi connectivity index (χ1) is 15.7. The quantitative estimate of drug-likeness (QED) is 0.650. The molecule has 33 heavy (non-hydrogen) atoms. The van der Waals surface area contributed by atoms with Gasteiger partial charge in [-0.3, -0.25) is 0 Å². The van der Waals surface area contributed by atoms with Gasteiger partial charge in [0.15, 0.2) is 11.6 Å². The van der Waals surface area contributed by atoms with Gasteiger partial charge >= 0.3 is 0 Å². The number of benzene rings is 1. The zero-order valence-corrected chi connectivity index (χ0v) is 19.7. The van der Waals surface area contributed by atoms with Gasteiger partial charge in [0, 0.05) is 18.4 Å². The Morgan fingerprint density at radius 3 is 2.70 bits per heavy atom. The van der Waals surface area contributed by atoms with Crippen molar-refractivity contribution in [2.75, 3.05) is 13.2 Å². The average Bonchev–Trinajstić information content (AvgIpc) is 3.34. The van der Waals surface area contributed by atoms with Crippen LogP contribution >= 0.6 is 0 Å². The highest BCUT2D eigenvalue weighted by molar-refractivity contribution is 5.38. The summed E-state index contributed by atoms with van der Waals surface area (Å²) >= 11 is 0. The fourth-order valence-corrected chi connectivity index (χ4v) is 7.68. The van der Waals surface area contributed by atoms with Crippen LogP contribution in [0.5, 0.6) is 0 Å². The van der Waals surface area contributed by atoms with Crippen LogP contribution in [0.1, 0.15) is 50.8 Å². The number of hydrogen-bond donors (Lipinski definition) is 2. The zero-order valence-electron chi connectivity index (χ0n) is 19.7. The normalized spacial score (nSPS) is 36.0. The molecule has 0 radical (unpaired) electrons. The van der Waals surface area contributed by atoms with Gasteiger partial charge < -0.3 is 10.8 Å². The van der Waals surface area contributed by atoms with Crippen LogP contribution in [0.3, 0.4) is 0 Å². The molecular weight excluding hydrogens is 420 g/mol. The number of aromatic nitrogens is 2. The summed E-state index contributed by atoms with van der Waals surface area (Å²) in [4.78, 5) is 0. The maximum absolute atomic E-state index is 13.9. The van der Waals surface area contributed by atoms with Crippen molar-refractivity contribution >= 4 is 0 Å². The second-order valence-corrected chi connectivity index (χ2v) is 11.1. The summed E-state index contributed by atoms with van der Waals surface area (Å²) in [6.07, 6.45) is 7.80. The molecule has 0 unspecified atom stereocenters. The molecule has 4 nitrogen and oxygen atoms in total. The van der Waals surface area contributed by atoms with E-state index in [9.17, 15) is 13.9 Å². The Kier molecular flexibility index (Phi) is 5.52. The Hall–Kier alpha value is -2.05. The third kappa shape index (κ3) is 3.32. The minimum atomic E-state index is -0.884. The third-order valence-corrected chi connectivity index (χ3v) is 9.78. The Morgan fingerprint density at radius 1 is 1.21 bits per heavy atom. The van der Waals surface area contributed by atoms with Gasteiger partial charge in [-0.15, -0.1) is 0 Å². The minimum absolute atomic E-state index is 0.0544. The van der Waals surface area contributed by atoms with E-state index in [2.05, 4.69) is 25.5 Å². The van der Waals surface area contributed by atoms with Gasteiger partial charge in [-0.25, -0.2) is 13.5 Å². The lowest BCUT2D eigenvalue weighted by molar-refractivity contribution is -0.0537. The predicted octanol–water partition coefficient (Wildman–Crippen LogP) is 4.82. The van der Waals surface area contributed by atoms with Crippen LogP contribution in [-0.4, -0.2) is 28.0 Å². The van der Waals surface area contributed by atoms with E-state index in [1.807, 2.05) is 6.20 Å². The largest absolute Gasteiger partial charge is 0.396 e. The SMILES string of the molecule is C=C1CC[C@H]2[C@H](CN)[C@@H]([C@]3(C)Cc4cnn(-c5ccc(F)c(F)c5)c4C[C@@H]3CO)CC[C@]12C. The first kappa shape index (κ1) is 22.7. The van der Waals surface area contributed by atoms with Crippen molar-refractivity contribution in [2.24, 2.45) is 40.2 Å². The van der Waals surface area contributed by atoms with Crippen LogP contribution in [0.25, 0.3) is 5.69 Å². The molecule has 3 N–H and O–H groups in total. The highest BCUT2D eigenvalue weighted by Gasteiger charge is 2.56. The molecule has 6 heteroatoms. The van der Waals surface area contributed by atoms with Gasteiger partial charge in [-0.2, -0.15) is 5.10 Å². The van der Waals surface area contributed by atoms with Crippen LogP contribution < -0.4 is 5.73 Å². The van der Waals surface area contributed by atoms with Crippen molar-refractivity contribution in [1.82, 2.24) is 9.78 Å². The maximum atomic E-state index is 13.9. The summed E-state index contributed by atoms with van der Waals surface area (Å²) in [5.74, 6) is -0.319. The number of nitrogens with zero attached hydrogens (tertiary/aromatic N) is 2. The fraction of sp³-hybridized carbons (Fsp3) is 0.593. The molecule has 0 saturated heterocycles. The number of hydrogen-bond acceptors (Lipinski definition) is 3. The van der Waals surface area contributed by atoms with Crippen LogP contribution in [0.15, 0.2) is 36.5 Å². The number of nitrogens with two attached hydrogens (primary N) is 1. The van der Waals surface area contributed by atoms with Crippen molar-refractivity contribution in [3.8, 4) is 5.69 Å². The second-order valence-electron chi connectivity index (χ2n) is 11.1. The monoisotopic (exact) mass is 455 g/mol. The maximum Gasteiger partial charge on any atom is 0.160 e. The lowest BCUT2D eigenvalue weighted by Crippen LogP contribution is -2.53. The van der Waals surface area contributed by atoms with E-state index < -0.39 is 11.6 Å². The minimum Gasteiger partial charge on any atom is -0.396 e. The summed E-state index contributed by atoms with van der Waals surface area (Å²) in [6.45, 7) is 9.84. The van der Waals surface area contributed by atoms with E-state index in [-0.39, 0.29) is 23.4 Å². The number of fused-ring (bicyclic) bond motifs is 2. The van der Waals surface area contributed by atoms with Gasteiger partial charge in [0.1, 0.15) is 0 Å². The topological polar surface area (TPSA) is 64.1 Å². The molecule has 2 aromatic rings. The van der Waals surface area contributed by atoms with Crippen LogP contribution in [0, 0.1) is 46.1 Å². The highest BCUT2D eigenvalue weighted by Crippen LogP contribution is 2.62. The van der Waals surface area contributed by atoms with E-state index in [0.717, 1.165) is 49.4 Å². The molecule has 2 fully saturated rings. The van der Waals surface area contributed by atoms with Crippen LogP contribution in [-0.2, 0) is 12.8 Å². The van der Waals surface area contributed by atoms with Gasteiger partial charge in [0.05, 0.1) is 11.9 Å². The van der Waals surface area contributed by atoms with Crippen molar-refractivity contribution < 1.29 is 13.9 Å². The predicted molar refractivity (Wildman–Crippen MR) is 125 cm³/mol. The molecular formula is C27H35F2N3O. The standard InChI is InChI=1S/C27H35F2N3O/c1-16-4-6-21-20(13-30)22(8-9-26(16,21)2)27(3)12-17-14-31-32(25(17)10-18(27)15-33)19-5-7-23(28)24(29)11-19/h5,7,11,14,18,20-22,33H,1,4,6,8-10,12-13,15,30H2,2-3H3/t18-,20+,21+,22+,26-,27-/m1/s1. The smallest absolute Gasteiger partial charge is 0.160 e. The van der Waals surface area contributed by atoms with Crippen molar-refractivity contribution in [3.05, 3.63) is 59.4 Å². The lowest BCUT2D eigenvalue weighted by atomic mass is 9.49. The summed E-state index contributed by atoms with van der Waals surface area (Å²) in [5, 5.41) is 15.1. The highest BCUT2D eigenvalue weighted by atomic mass is 19.2. The molecule has 0 aliphatic heterocycles. The fourth-order valence-electron chi connectivity index (χ4n) is 7.68. The van der Waals surface area contributed by atoms with Crippen LogP contribution in [0.2, 0.25) is 0 Å². The van der Waals surface area contributed by atoms with Crippen LogP contribution in [0.4, 0.5) is 8.78 Å². The average molecular weight is 456 g/mol. The first-order valence-electron chi connectivity index (χ1n) is 12.2. The van der Waals surface area contributed by atoms with Gasteiger partial charge in [0.25, 0.3) is 0 Å². The number of rotatable bonds is 4. The molecule has 1 heterocycles. The lowest BCUT2D eigenvalue weighted by Gasteiger charge is -2.55. The third-order valence-electron chi connectivity index (χ3n) is 9.78. The zero-order chi connectivity index (χ0) is 23.5. The molecule has 1 aromatic carbocycles. The van der Waals surface area contributed by atoms with E-state index in [0.29, 0.717) is 36.4 Å². The Morgan fingerprint density at radius 2 is 2.00 bits per heavy atom. The van der Waals surface area contributed by atoms with E-state index >= 15 is 0 Å². The van der Waals surface area contributed by atoms with Gasteiger partial charge in [-0.05, 0) is 97.3 Å². The van der Waals surface area contributed by atoms with Gasteiger partial charge in [0.2, 0.25) is 0 Å². The molecule has 0 spiro atoms. The van der Waals surface area contributed by atoms with Crippen molar-refractivity contribution in [2.45, 2.75) is 52.4 Å². The first-order valence-corrected chi connectivity index (χ1v) is 12.2. The van der Waals surface area contributed by atoms with E-state index in [1.165, 1.54) is 11.6 Å². The summed E-state index contributed by atoms with van der Waals surface area (Å²) < 4.78 is 29.1. The van der Waals surface area contributed by atoms with E-state index in [1.54, 1.807) is 10.7 Å². The molecule has 178 valence electrons. The molecule has 5 rings (SSSR count). The van der Waals surface area contributed by atoms with Crippen molar-refractivity contribution in [3.63, 3.8) is 0 Å². The Labute approximate surface area is 194 Å². The number of allylic oxidation sites excluding steroid dienone is 1. The molecule has 0 amide bonds. The number of aliphatic hydroxyl groups excluding tert-OH is 1. The summed E-state index contributed by atoms with van der Waals surface area (Å²) in [7, 11) is 0. The molecule has 2 saturated carbocycles. The molecule has 0 bridgehead atoms. The van der Waals surface area contributed by atoms with Crippen molar-refractivity contribution in [1.29, 1.82) is 0 Å². The molecule has 3 aliphatic carbocycles. The molecule has 1 aromatic heterocycles.